The Bertz CT molecular complexity index is 336. The van der Waals surface area contributed by atoms with Crippen molar-refractivity contribution in [3.05, 3.63) is 30.3 Å². The lowest BCUT2D eigenvalue weighted by atomic mass is 9.94. The van der Waals surface area contributed by atoms with Crippen LogP contribution in [0.15, 0.2) is 30.3 Å². The summed E-state index contributed by atoms with van der Waals surface area (Å²) in [5, 5.41) is 2.68. The maximum absolute atomic E-state index is 11.4. The first-order chi connectivity index (χ1) is 7.53. The van der Waals surface area contributed by atoms with Crippen LogP contribution in [-0.2, 0) is 0 Å². The number of ether oxygens (including phenoxy) is 1. The number of rotatable bonds is 4. The van der Waals surface area contributed by atoms with Crippen molar-refractivity contribution in [3.63, 3.8) is 0 Å². The number of hydrogen-bond acceptors (Lipinski definition) is 3. The molecule has 1 rings (SSSR count). The minimum atomic E-state index is -0.451. The molecule has 0 unspecified atom stereocenters. The number of amides is 1. The summed E-state index contributed by atoms with van der Waals surface area (Å²) in [5.74, 6) is 0.533. The molecule has 88 valence electrons. The van der Waals surface area contributed by atoms with Gasteiger partial charge in [0.05, 0.1) is 0 Å². The van der Waals surface area contributed by atoms with Gasteiger partial charge in [-0.2, -0.15) is 0 Å². The van der Waals surface area contributed by atoms with Crippen LogP contribution in [0, 0.1) is 5.41 Å². The lowest BCUT2D eigenvalue weighted by Crippen LogP contribution is -2.39. The Kier molecular flexibility index (Phi) is 4.31. The average Bonchev–Trinajstić information content (AvgIpc) is 2.28. The second-order valence-electron chi connectivity index (χ2n) is 4.42. The van der Waals surface area contributed by atoms with E-state index in [1.54, 1.807) is 12.1 Å². The zero-order chi connectivity index (χ0) is 12.0. The molecule has 0 spiro atoms. The van der Waals surface area contributed by atoms with Gasteiger partial charge in [-0.15, -0.1) is 0 Å². The summed E-state index contributed by atoms with van der Waals surface area (Å²) in [6.45, 7) is 4.97. The summed E-state index contributed by atoms with van der Waals surface area (Å²) in [6.07, 6.45) is -0.451. The van der Waals surface area contributed by atoms with Crippen molar-refractivity contribution >= 4 is 6.09 Å². The molecule has 4 heteroatoms. The van der Waals surface area contributed by atoms with Gasteiger partial charge in [0.15, 0.2) is 0 Å². The predicted octanol–water partition coefficient (Wildman–Crippen LogP) is 1.76. The van der Waals surface area contributed by atoms with Crippen LogP contribution in [0.2, 0.25) is 0 Å². The first-order valence-electron chi connectivity index (χ1n) is 5.24. The molecule has 0 atom stereocenters. The van der Waals surface area contributed by atoms with Crippen molar-refractivity contribution in [2.24, 2.45) is 11.1 Å². The minimum Gasteiger partial charge on any atom is -0.410 e. The van der Waals surface area contributed by atoms with E-state index in [0.29, 0.717) is 18.8 Å². The lowest BCUT2D eigenvalue weighted by molar-refractivity contribution is 0.194. The fourth-order valence-corrected chi connectivity index (χ4v) is 1.02. The molecule has 0 saturated heterocycles. The van der Waals surface area contributed by atoms with E-state index in [-0.39, 0.29) is 5.41 Å². The Morgan fingerprint density at radius 3 is 2.56 bits per heavy atom. The van der Waals surface area contributed by atoms with E-state index in [1.165, 1.54) is 0 Å². The number of carbonyl (C=O) groups excluding carboxylic acids is 1. The number of nitrogens with two attached hydrogens (primary N) is 1. The van der Waals surface area contributed by atoms with Crippen molar-refractivity contribution in [3.8, 4) is 5.75 Å². The molecule has 0 aromatic heterocycles. The molecule has 0 saturated carbocycles. The zero-order valence-corrected chi connectivity index (χ0v) is 9.69. The van der Waals surface area contributed by atoms with Gasteiger partial charge in [-0.3, -0.25) is 0 Å². The van der Waals surface area contributed by atoms with Crippen LogP contribution >= 0.6 is 0 Å². The van der Waals surface area contributed by atoms with Crippen molar-refractivity contribution in [1.29, 1.82) is 0 Å². The van der Waals surface area contributed by atoms with E-state index in [4.69, 9.17) is 10.5 Å². The highest BCUT2D eigenvalue weighted by Crippen LogP contribution is 2.11. The highest BCUT2D eigenvalue weighted by molar-refractivity contribution is 5.70. The topological polar surface area (TPSA) is 64.3 Å². The maximum Gasteiger partial charge on any atom is 0.412 e. The Morgan fingerprint density at radius 2 is 2.00 bits per heavy atom. The fourth-order valence-electron chi connectivity index (χ4n) is 1.02. The SMILES string of the molecule is CC(C)(CN)CNC(=O)Oc1ccccc1. The Labute approximate surface area is 95.8 Å². The molecule has 0 aliphatic heterocycles. The highest BCUT2D eigenvalue weighted by atomic mass is 16.6. The number of nitrogens with one attached hydrogen (secondary N) is 1. The molecule has 0 bridgehead atoms. The highest BCUT2D eigenvalue weighted by Gasteiger charge is 2.17. The van der Waals surface area contributed by atoms with Crippen molar-refractivity contribution in [2.75, 3.05) is 13.1 Å². The van der Waals surface area contributed by atoms with Gasteiger partial charge in [0.1, 0.15) is 5.75 Å². The molecule has 1 aromatic carbocycles. The third kappa shape index (κ3) is 4.31. The first-order valence-corrected chi connectivity index (χ1v) is 5.24. The number of hydrogen-bond donors (Lipinski definition) is 2. The predicted molar refractivity (Wildman–Crippen MR) is 63.3 cm³/mol. The van der Waals surface area contributed by atoms with Crippen LogP contribution in [0.5, 0.6) is 5.75 Å². The third-order valence-electron chi connectivity index (χ3n) is 2.22. The van der Waals surface area contributed by atoms with Crippen molar-refractivity contribution < 1.29 is 9.53 Å². The van der Waals surface area contributed by atoms with Gasteiger partial charge in [0.25, 0.3) is 0 Å². The van der Waals surface area contributed by atoms with Crippen LogP contribution in [0.4, 0.5) is 4.79 Å². The van der Waals surface area contributed by atoms with E-state index in [1.807, 2.05) is 32.0 Å². The van der Waals surface area contributed by atoms with E-state index in [9.17, 15) is 4.79 Å². The number of carbonyl (C=O) groups is 1. The van der Waals surface area contributed by atoms with Crippen molar-refractivity contribution in [1.82, 2.24) is 5.32 Å². The summed E-state index contributed by atoms with van der Waals surface area (Å²) in [4.78, 5) is 11.4. The molecule has 0 aliphatic rings. The summed E-state index contributed by atoms with van der Waals surface area (Å²) in [6, 6.07) is 8.95. The minimum absolute atomic E-state index is 0.115. The third-order valence-corrected chi connectivity index (χ3v) is 2.22. The molecule has 1 aromatic rings. The van der Waals surface area contributed by atoms with Crippen LogP contribution in [-0.4, -0.2) is 19.2 Å². The number of para-hydroxylation sites is 1. The Hall–Kier alpha value is -1.55. The molecule has 0 heterocycles. The fraction of sp³-hybridized carbons (Fsp3) is 0.417. The molecular formula is C12H18N2O2. The van der Waals surface area contributed by atoms with Crippen molar-refractivity contribution in [2.45, 2.75) is 13.8 Å². The summed E-state index contributed by atoms with van der Waals surface area (Å²) in [7, 11) is 0. The van der Waals surface area contributed by atoms with E-state index in [2.05, 4.69) is 5.32 Å². The van der Waals surface area contributed by atoms with Crippen LogP contribution in [0.3, 0.4) is 0 Å². The smallest absolute Gasteiger partial charge is 0.410 e. The molecule has 0 radical (unpaired) electrons. The second-order valence-corrected chi connectivity index (χ2v) is 4.42. The molecule has 3 N–H and O–H groups in total. The van der Waals surface area contributed by atoms with E-state index >= 15 is 0 Å². The molecule has 1 amide bonds. The van der Waals surface area contributed by atoms with Gasteiger partial charge in [0.2, 0.25) is 0 Å². The van der Waals surface area contributed by atoms with Gasteiger partial charge < -0.3 is 15.8 Å². The van der Waals surface area contributed by atoms with Gasteiger partial charge >= 0.3 is 6.09 Å². The normalized spacial score (nSPS) is 10.9. The first kappa shape index (κ1) is 12.5. The van der Waals surface area contributed by atoms with E-state index < -0.39 is 6.09 Å². The molecule has 16 heavy (non-hydrogen) atoms. The standard InChI is InChI=1S/C12H18N2O2/c1-12(2,8-13)9-14-11(15)16-10-6-4-3-5-7-10/h3-7H,8-9,13H2,1-2H3,(H,14,15). The largest absolute Gasteiger partial charge is 0.412 e. The quantitative estimate of drug-likeness (QED) is 0.815. The summed E-state index contributed by atoms with van der Waals surface area (Å²) < 4.78 is 5.06. The van der Waals surface area contributed by atoms with Gasteiger partial charge in [0, 0.05) is 6.54 Å². The molecular weight excluding hydrogens is 204 g/mol. The molecule has 0 aliphatic carbocycles. The summed E-state index contributed by atoms with van der Waals surface area (Å²) >= 11 is 0. The van der Waals surface area contributed by atoms with Crippen LogP contribution < -0.4 is 15.8 Å². The van der Waals surface area contributed by atoms with Gasteiger partial charge in [-0.1, -0.05) is 32.0 Å². The monoisotopic (exact) mass is 222 g/mol. The Morgan fingerprint density at radius 1 is 1.38 bits per heavy atom. The van der Waals surface area contributed by atoms with Gasteiger partial charge in [-0.05, 0) is 24.1 Å². The molecule has 4 nitrogen and oxygen atoms in total. The molecule has 0 fully saturated rings. The van der Waals surface area contributed by atoms with Crippen LogP contribution in [0.25, 0.3) is 0 Å². The maximum atomic E-state index is 11.4. The Balaban J connectivity index is 2.38. The number of benzene rings is 1. The average molecular weight is 222 g/mol. The van der Waals surface area contributed by atoms with Gasteiger partial charge in [-0.25, -0.2) is 4.79 Å². The van der Waals surface area contributed by atoms with E-state index in [0.717, 1.165) is 0 Å². The summed E-state index contributed by atoms with van der Waals surface area (Å²) in [5.41, 5.74) is 5.44. The zero-order valence-electron chi connectivity index (χ0n) is 9.69. The van der Waals surface area contributed by atoms with Crippen LogP contribution in [0.1, 0.15) is 13.8 Å². The second kappa shape index (κ2) is 5.51. The lowest BCUT2D eigenvalue weighted by Gasteiger charge is -2.22.